The number of carbonyl (C=O) groups is 1. The van der Waals surface area contributed by atoms with Gasteiger partial charge in [0, 0.05) is 24.6 Å². The Bertz CT molecular complexity index is 542. The average Bonchev–Trinajstić information content (AvgIpc) is 2.90. The fourth-order valence-electron chi connectivity index (χ4n) is 2.62. The number of nitrogens with one attached hydrogen (secondary N) is 2. The molecule has 2 amide bonds. The molecule has 0 radical (unpaired) electrons. The van der Waals surface area contributed by atoms with Gasteiger partial charge in [0.15, 0.2) is 0 Å². The largest absolute Gasteiger partial charge is 0.386 e. The molecule has 6 heteroatoms. The standard InChI is InChI=1S/C17H25ClN2O3/c1-16(2,9-13-4-3-5-14(18)8-13)10-19-15(21)20-11-17(22)6-7-23-12-17/h3-5,8,22H,6-7,9-12H2,1-2H3,(H2,19,20,21). The number of carbonyl (C=O) groups excluding carboxylic acids is 1. The van der Waals surface area contributed by atoms with Gasteiger partial charge < -0.3 is 20.5 Å². The summed E-state index contributed by atoms with van der Waals surface area (Å²) in [6.07, 6.45) is 1.36. The fourth-order valence-corrected chi connectivity index (χ4v) is 2.84. The van der Waals surface area contributed by atoms with Crippen molar-refractivity contribution in [3.8, 4) is 0 Å². The van der Waals surface area contributed by atoms with E-state index in [2.05, 4.69) is 24.5 Å². The third-order valence-corrected chi connectivity index (χ3v) is 4.19. The first-order chi connectivity index (χ1) is 10.8. The summed E-state index contributed by atoms with van der Waals surface area (Å²) in [6, 6.07) is 7.48. The summed E-state index contributed by atoms with van der Waals surface area (Å²) in [6.45, 7) is 5.72. The van der Waals surface area contributed by atoms with Crippen molar-refractivity contribution in [2.45, 2.75) is 32.3 Å². The molecule has 0 aliphatic carbocycles. The van der Waals surface area contributed by atoms with Gasteiger partial charge in [0.25, 0.3) is 0 Å². The lowest BCUT2D eigenvalue weighted by Crippen LogP contribution is -2.48. The predicted molar refractivity (Wildman–Crippen MR) is 90.7 cm³/mol. The summed E-state index contributed by atoms with van der Waals surface area (Å²) < 4.78 is 5.15. The number of halogens is 1. The van der Waals surface area contributed by atoms with Crippen LogP contribution in [0.25, 0.3) is 0 Å². The third kappa shape index (κ3) is 6.01. The minimum absolute atomic E-state index is 0.102. The Labute approximate surface area is 142 Å². The average molecular weight is 341 g/mol. The van der Waals surface area contributed by atoms with Crippen LogP contribution in [0, 0.1) is 5.41 Å². The molecule has 1 unspecified atom stereocenters. The zero-order valence-corrected chi connectivity index (χ0v) is 14.4. The van der Waals surface area contributed by atoms with E-state index in [1.165, 1.54) is 0 Å². The van der Waals surface area contributed by atoms with Crippen molar-refractivity contribution in [2.75, 3.05) is 26.3 Å². The Kier molecular flexibility index (Phi) is 5.89. The van der Waals surface area contributed by atoms with Crippen LogP contribution in [-0.4, -0.2) is 43.0 Å². The molecule has 1 aliphatic rings. The van der Waals surface area contributed by atoms with E-state index in [1.807, 2.05) is 24.3 Å². The normalized spacial score (nSPS) is 21.2. The van der Waals surface area contributed by atoms with Crippen molar-refractivity contribution in [1.82, 2.24) is 10.6 Å². The van der Waals surface area contributed by atoms with Gasteiger partial charge in [0.1, 0.15) is 5.60 Å². The molecule has 1 aliphatic heterocycles. The van der Waals surface area contributed by atoms with Crippen LogP contribution >= 0.6 is 11.6 Å². The zero-order chi connectivity index (χ0) is 16.9. The number of amides is 2. The lowest BCUT2D eigenvalue weighted by molar-refractivity contribution is 0.0291. The Morgan fingerprint density at radius 3 is 2.87 bits per heavy atom. The predicted octanol–water partition coefficient (Wildman–Crippen LogP) is 2.36. The second-order valence-corrected chi connectivity index (χ2v) is 7.47. The molecule has 3 N–H and O–H groups in total. The van der Waals surface area contributed by atoms with Crippen molar-refractivity contribution in [1.29, 1.82) is 0 Å². The molecule has 1 heterocycles. The molecule has 1 saturated heterocycles. The number of hydrogen-bond donors (Lipinski definition) is 3. The molecule has 0 saturated carbocycles. The number of rotatable bonds is 6. The van der Waals surface area contributed by atoms with Gasteiger partial charge in [-0.2, -0.15) is 0 Å². The number of urea groups is 1. The molecule has 1 aromatic carbocycles. The number of benzene rings is 1. The third-order valence-electron chi connectivity index (χ3n) is 3.96. The lowest BCUT2D eigenvalue weighted by Gasteiger charge is -2.26. The second kappa shape index (κ2) is 7.51. The number of aliphatic hydroxyl groups is 1. The summed E-state index contributed by atoms with van der Waals surface area (Å²) in [5.41, 5.74) is 0.102. The minimum atomic E-state index is -0.937. The van der Waals surface area contributed by atoms with E-state index >= 15 is 0 Å². The van der Waals surface area contributed by atoms with Gasteiger partial charge in [-0.15, -0.1) is 0 Å². The minimum Gasteiger partial charge on any atom is -0.386 e. The van der Waals surface area contributed by atoms with Crippen LogP contribution in [0.1, 0.15) is 25.8 Å². The van der Waals surface area contributed by atoms with Crippen LogP contribution in [-0.2, 0) is 11.2 Å². The van der Waals surface area contributed by atoms with E-state index in [0.29, 0.717) is 19.6 Å². The van der Waals surface area contributed by atoms with Gasteiger partial charge in [-0.3, -0.25) is 0 Å². The summed E-state index contributed by atoms with van der Waals surface area (Å²) in [4.78, 5) is 11.9. The maximum atomic E-state index is 11.9. The van der Waals surface area contributed by atoms with Crippen LogP contribution in [0.15, 0.2) is 24.3 Å². The number of ether oxygens (including phenoxy) is 1. The second-order valence-electron chi connectivity index (χ2n) is 7.03. The van der Waals surface area contributed by atoms with Crippen LogP contribution < -0.4 is 10.6 Å². The fraction of sp³-hybridized carbons (Fsp3) is 0.588. The highest BCUT2D eigenvalue weighted by atomic mass is 35.5. The highest BCUT2D eigenvalue weighted by molar-refractivity contribution is 6.30. The molecule has 0 bridgehead atoms. The van der Waals surface area contributed by atoms with Gasteiger partial charge in [0.05, 0.1) is 13.2 Å². The zero-order valence-electron chi connectivity index (χ0n) is 13.7. The van der Waals surface area contributed by atoms with Crippen molar-refractivity contribution < 1.29 is 14.6 Å². The highest BCUT2D eigenvalue weighted by Crippen LogP contribution is 2.23. The smallest absolute Gasteiger partial charge is 0.314 e. The van der Waals surface area contributed by atoms with E-state index < -0.39 is 5.60 Å². The van der Waals surface area contributed by atoms with E-state index in [0.717, 1.165) is 17.0 Å². The number of hydrogen-bond acceptors (Lipinski definition) is 3. The van der Waals surface area contributed by atoms with E-state index in [4.69, 9.17) is 16.3 Å². The van der Waals surface area contributed by atoms with Crippen LogP contribution in [0.2, 0.25) is 5.02 Å². The van der Waals surface area contributed by atoms with E-state index in [1.54, 1.807) is 0 Å². The molecule has 1 aromatic rings. The quantitative estimate of drug-likeness (QED) is 0.744. The van der Waals surface area contributed by atoms with Crippen molar-refractivity contribution in [2.24, 2.45) is 5.41 Å². The Morgan fingerprint density at radius 2 is 2.22 bits per heavy atom. The van der Waals surface area contributed by atoms with Crippen molar-refractivity contribution >= 4 is 17.6 Å². The molecule has 5 nitrogen and oxygen atoms in total. The van der Waals surface area contributed by atoms with Gasteiger partial charge in [-0.1, -0.05) is 37.6 Å². The summed E-state index contributed by atoms with van der Waals surface area (Å²) in [5, 5.41) is 16.4. The van der Waals surface area contributed by atoms with Gasteiger partial charge in [0.2, 0.25) is 0 Å². The summed E-state index contributed by atoms with van der Waals surface area (Å²) in [7, 11) is 0. The van der Waals surface area contributed by atoms with Crippen LogP contribution in [0.4, 0.5) is 4.79 Å². The summed E-state index contributed by atoms with van der Waals surface area (Å²) >= 11 is 6.00. The first-order valence-electron chi connectivity index (χ1n) is 7.84. The first-order valence-corrected chi connectivity index (χ1v) is 8.22. The van der Waals surface area contributed by atoms with Gasteiger partial charge >= 0.3 is 6.03 Å². The molecule has 0 spiro atoms. The Balaban J connectivity index is 1.75. The molecule has 23 heavy (non-hydrogen) atoms. The molecule has 1 fully saturated rings. The molecule has 0 aromatic heterocycles. The van der Waals surface area contributed by atoms with E-state index in [9.17, 15) is 9.90 Å². The van der Waals surface area contributed by atoms with E-state index in [-0.39, 0.29) is 24.6 Å². The molecule has 1 atom stereocenters. The monoisotopic (exact) mass is 340 g/mol. The SMILES string of the molecule is CC(C)(CNC(=O)NCC1(O)CCOC1)Cc1cccc(Cl)c1. The maximum Gasteiger partial charge on any atom is 0.314 e. The highest BCUT2D eigenvalue weighted by Gasteiger charge is 2.32. The molecular weight excluding hydrogens is 316 g/mol. The van der Waals surface area contributed by atoms with Crippen LogP contribution in [0.3, 0.4) is 0 Å². The Hall–Kier alpha value is -1.30. The van der Waals surface area contributed by atoms with Crippen molar-refractivity contribution in [3.63, 3.8) is 0 Å². The Morgan fingerprint density at radius 1 is 1.43 bits per heavy atom. The summed E-state index contributed by atoms with van der Waals surface area (Å²) in [5.74, 6) is 0. The molecule has 128 valence electrons. The van der Waals surface area contributed by atoms with Gasteiger partial charge in [-0.05, 0) is 29.5 Å². The first kappa shape index (κ1) is 18.0. The van der Waals surface area contributed by atoms with Crippen molar-refractivity contribution in [3.05, 3.63) is 34.9 Å². The van der Waals surface area contributed by atoms with Crippen LogP contribution in [0.5, 0.6) is 0 Å². The topological polar surface area (TPSA) is 70.6 Å². The lowest BCUT2D eigenvalue weighted by atomic mass is 9.86. The molecular formula is C17H25ClN2O3. The van der Waals surface area contributed by atoms with Gasteiger partial charge in [-0.25, -0.2) is 4.79 Å². The maximum absolute atomic E-state index is 11.9. The molecule has 2 rings (SSSR count).